The summed E-state index contributed by atoms with van der Waals surface area (Å²) in [5.41, 5.74) is 12.1. The number of aliphatic hydroxyl groups excluding tert-OH is 2. The molecule has 16 heteroatoms. The summed E-state index contributed by atoms with van der Waals surface area (Å²) in [6.45, 7) is 0. The van der Waals surface area contributed by atoms with Gasteiger partial charge < -0.3 is 36.1 Å². The molecule has 0 amide bonds. The summed E-state index contributed by atoms with van der Waals surface area (Å²) in [6, 6.07) is 6.28. The van der Waals surface area contributed by atoms with E-state index in [0.29, 0.717) is 29.1 Å². The number of imidazole rings is 1. The van der Waals surface area contributed by atoms with Crippen molar-refractivity contribution in [3.05, 3.63) is 43.0 Å². The maximum absolute atomic E-state index is 10.8. The zero-order chi connectivity index (χ0) is 27.3. The molecule has 0 saturated carbocycles. The van der Waals surface area contributed by atoms with E-state index in [1.165, 1.54) is 41.5 Å². The molecule has 0 radical (unpaired) electrons. The molecule has 2 aromatic heterocycles. The van der Waals surface area contributed by atoms with Crippen molar-refractivity contribution < 1.29 is 37.8 Å². The molecule has 6 atom stereocenters. The molecule has 1 aromatic carbocycles. The lowest BCUT2D eigenvalue weighted by Crippen LogP contribution is -2.37. The number of aromatic nitrogens is 4. The summed E-state index contributed by atoms with van der Waals surface area (Å²) in [4.78, 5) is 22.8. The predicted molar refractivity (Wildman–Crippen MR) is 133 cm³/mol. The van der Waals surface area contributed by atoms with Gasteiger partial charge in [-0.05, 0) is 23.0 Å². The molecule has 4 rings (SSSR count). The predicted octanol–water partition coefficient (Wildman–Crippen LogP) is -1.33. The van der Waals surface area contributed by atoms with E-state index < -0.39 is 46.7 Å². The van der Waals surface area contributed by atoms with E-state index in [1.54, 1.807) is 6.07 Å². The Morgan fingerprint density at radius 1 is 1.22 bits per heavy atom. The number of hydrogen-bond acceptors (Lipinski definition) is 12. The number of nitrogens with two attached hydrogens (primary N) is 2. The van der Waals surface area contributed by atoms with Crippen LogP contribution in [0.25, 0.3) is 11.2 Å². The van der Waals surface area contributed by atoms with Crippen LogP contribution in [0.1, 0.15) is 12.6 Å². The Balaban J connectivity index is 0.000000319. The van der Waals surface area contributed by atoms with E-state index in [9.17, 15) is 28.0 Å². The molecule has 1 aliphatic heterocycles. The van der Waals surface area contributed by atoms with Gasteiger partial charge in [0.15, 0.2) is 17.7 Å². The largest absolute Gasteiger partial charge is 0.744 e. The monoisotopic (exact) mass is 556 g/mol. The van der Waals surface area contributed by atoms with Crippen LogP contribution in [-0.2, 0) is 30.5 Å². The minimum atomic E-state index is -4.25. The lowest BCUT2D eigenvalue weighted by molar-refractivity contribution is -0.138. The van der Waals surface area contributed by atoms with Crippen LogP contribution in [0.15, 0.2) is 47.9 Å². The first-order valence-corrected chi connectivity index (χ1v) is 14.3. The maximum Gasteiger partial charge on any atom is 0.320 e. The number of fused-ring (bicyclic) bond motifs is 1. The van der Waals surface area contributed by atoms with Crippen molar-refractivity contribution in [1.82, 2.24) is 19.5 Å². The lowest BCUT2D eigenvalue weighted by atomic mass is 10.1. The van der Waals surface area contributed by atoms with Gasteiger partial charge in [0.25, 0.3) is 0 Å². The van der Waals surface area contributed by atoms with Gasteiger partial charge in [0, 0.05) is 6.42 Å². The molecule has 0 bridgehead atoms. The molecule has 1 saturated heterocycles. The van der Waals surface area contributed by atoms with Gasteiger partial charge in [0.2, 0.25) is 0 Å². The van der Waals surface area contributed by atoms with Crippen LogP contribution in [0.4, 0.5) is 5.82 Å². The normalized spacial score (nSPS) is 23.3. The van der Waals surface area contributed by atoms with Crippen molar-refractivity contribution in [2.45, 2.75) is 41.9 Å². The van der Waals surface area contributed by atoms with Crippen molar-refractivity contribution >= 4 is 44.0 Å². The first-order chi connectivity index (χ1) is 17.4. The number of carboxylic acid groups (broad SMARTS) is 1. The molecule has 14 nitrogen and oxygen atoms in total. The molecular weight excluding hydrogens is 528 g/mol. The van der Waals surface area contributed by atoms with E-state index >= 15 is 0 Å². The minimum absolute atomic E-state index is 0.185. The van der Waals surface area contributed by atoms with Gasteiger partial charge in [-0.2, -0.15) is 0 Å². The molecule has 202 valence electrons. The summed E-state index contributed by atoms with van der Waals surface area (Å²) < 4.78 is 38.2. The van der Waals surface area contributed by atoms with Gasteiger partial charge in [-0.25, -0.2) is 23.4 Å². The zero-order valence-corrected chi connectivity index (χ0v) is 21.3. The number of aliphatic carboxylic acids is 1. The fourth-order valence-electron chi connectivity index (χ4n) is 3.56. The molecule has 0 spiro atoms. The molecule has 1 fully saturated rings. The molecular formula is C21H28N6O8S2. The Hall–Kier alpha value is -2.86. The fourth-order valence-corrected chi connectivity index (χ4v) is 5.71. The smallest absolute Gasteiger partial charge is 0.320 e. The van der Waals surface area contributed by atoms with Gasteiger partial charge in [0.05, 0.1) is 17.5 Å². The van der Waals surface area contributed by atoms with Crippen molar-refractivity contribution in [2.75, 3.05) is 23.5 Å². The lowest BCUT2D eigenvalue weighted by Gasteiger charge is -2.16. The third kappa shape index (κ3) is 7.13. The fraction of sp³-hybridized carbons (Fsp3) is 0.429. The quantitative estimate of drug-likeness (QED) is 0.160. The van der Waals surface area contributed by atoms with Crippen molar-refractivity contribution in [2.24, 2.45) is 5.73 Å². The second kappa shape index (κ2) is 12.1. The number of carboxylic acids is 1. The van der Waals surface area contributed by atoms with Crippen LogP contribution in [0, 0.1) is 0 Å². The Morgan fingerprint density at radius 3 is 2.49 bits per heavy atom. The van der Waals surface area contributed by atoms with Gasteiger partial charge in [0.1, 0.15) is 57.8 Å². The molecule has 7 N–H and O–H groups in total. The molecule has 3 heterocycles. The van der Waals surface area contributed by atoms with Crippen molar-refractivity contribution in [3.8, 4) is 0 Å². The topological polar surface area (TPSA) is 240 Å². The average molecular weight is 557 g/mol. The molecule has 37 heavy (non-hydrogen) atoms. The number of nitrogens with zero attached hydrogens (tertiary/aromatic N) is 4. The third-order valence-corrected chi connectivity index (χ3v) is 8.25. The van der Waals surface area contributed by atoms with E-state index in [0.717, 1.165) is 0 Å². The SMILES string of the molecule is C[S+](CC[C@H](N)C(=O)O)C[C@H]1O[C@@H](n2cnc3c(N)ncnc32)[C@H](O)[C@@H]1O.O=S(=O)([O-])c1ccccc1. The summed E-state index contributed by atoms with van der Waals surface area (Å²) >= 11 is 0. The number of hydrogen-bond donors (Lipinski definition) is 5. The highest BCUT2D eigenvalue weighted by molar-refractivity contribution is 7.96. The van der Waals surface area contributed by atoms with E-state index in [4.69, 9.17) is 21.3 Å². The number of nitrogen functional groups attached to an aromatic ring is 1. The number of ether oxygens (including phenoxy) is 1. The van der Waals surface area contributed by atoms with Crippen LogP contribution < -0.4 is 11.5 Å². The molecule has 1 aliphatic rings. The molecule has 1 unspecified atom stereocenters. The molecule has 3 aromatic rings. The van der Waals surface area contributed by atoms with Crippen LogP contribution in [0.5, 0.6) is 0 Å². The minimum Gasteiger partial charge on any atom is -0.744 e. The highest BCUT2D eigenvalue weighted by Gasteiger charge is 2.46. The summed E-state index contributed by atoms with van der Waals surface area (Å²) in [7, 11) is -4.49. The van der Waals surface area contributed by atoms with Crippen molar-refractivity contribution in [1.29, 1.82) is 0 Å². The second-order valence-corrected chi connectivity index (χ2v) is 12.0. The van der Waals surface area contributed by atoms with Crippen LogP contribution >= 0.6 is 0 Å². The Kier molecular flexibility index (Phi) is 9.41. The Bertz CT molecular complexity index is 1310. The second-order valence-electron chi connectivity index (χ2n) is 8.28. The number of benzene rings is 1. The van der Waals surface area contributed by atoms with E-state index in [-0.39, 0.29) is 21.6 Å². The first-order valence-electron chi connectivity index (χ1n) is 10.9. The van der Waals surface area contributed by atoms with Crippen LogP contribution in [0.3, 0.4) is 0 Å². The number of rotatable bonds is 8. The standard InChI is InChI=1S/C15H22N6O5S.C6H6O3S/c1-27(3-2-7(16)15(24)25)4-8-10(22)11(23)14(26-8)21-6-20-9-12(17)18-5-19-13(9)21;7-10(8,9)6-4-2-1-3-5-6/h5-8,10-11,14,22-23H,2-4,16H2,1H3,(H2-,17,18,19,24,25);1-5H,(H,7,8,9)/t7-,8+,10+,11+,14+,27?;/m0./s1. The Morgan fingerprint density at radius 2 is 1.89 bits per heavy atom. The number of anilines is 1. The zero-order valence-electron chi connectivity index (χ0n) is 19.7. The highest BCUT2D eigenvalue weighted by atomic mass is 32.2. The first kappa shape index (κ1) is 28.7. The van der Waals surface area contributed by atoms with Gasteiger partial charge in [-0.15, -0.1) is 0 Å². The van der Waals surface area contributed by atoms with Gasteiger partial charge >= 0.3 is 5.97 Å². The third-order valence-electron chi connectivity index (χ3n) is 5.57. The highest BCUT2D eigenvalue weighted by Crippen LogP contribution is 2.32. The van der Waals surface area contributed by atoms with Gasteiger partial charge in [-0.3, -0.25) is 9.36 Å². The van der Waals surface area contributed by atoms with Crippen LogP contribution in [-0.4, -0.2) is 95.9 Å². The van der Waals surface area contributed by atoms with Crippen molar-refractivity contribution in [3.63, 3.8) is 0 Å². The summed E-state index contributed by atoms with van der Waals surface area (Å²) in [5.74, 6) is 0.254. The maximum atomic E-state index is 10.8. The molecule has 0 aliphatic carbocycles. The Labute approximate surface area is 215 Å². The van der Waals surface area contributed by atoms with E-state index in [1.807, 2.05) is 6.26 Å². The van der Waals surface area contributed by atoms with Gasteiger partial charge in [-0.1, -0.05) is 18.2 Å². The number of carbonyl (C=O) groups is 1. The van der Waals surface area contributed by atoms with Crippen LogP contribution in [0.2, 0.25) is 0 Å². The average Bonchev–Trinajstić information content (AvgIpc) is 3.40. The summed E-state index contributed by atoms with van der Waals surface area (Å²) in [5, 5.41) is 29.7. The summed E-state index contributed by atoms with van der Waals surface area (Å²) in [6.07, 6.45) is 1.31. The van der Waals surface area contributed by atoms with E-state index in [2.05, 4.69) is 15.0 Å². The number of aliphatic hydroxyl groups is 2.